The van der Waals surface area contributed by atoms with Crippen LogP contribution in [0.4, 0.5) is 14.5 Å². The molecule has 0 heterocycles. The Bertz CT molecular complexity index is 597. The van der Waals surface area contributed by atoms with Gasteiger partial charge in [0.2, 0.25) is 0 Å². The Hall–Kier alpha value is -1.61. The van der Waals surface area contributed by atoms with Gasteiger partial charge in [-0.1, -0.05) is 17.7 Å². The first-order valence-corrected chi connectivity index (χ1v) is 5.83. The fourth-order valence-electron chi connectivity index (χ4n) is 1.81. The number of anilines is 1. The minimum absolute atomic E-state index is 0.0780. The molecule has 0 aromatic heterocycles. The van der Waals surface area contributed by atoms with Crippen LogP contribution in [0, 0.1) is 18.6 Å². The summed E-state index contributed by atoms with van der Waals surface area (Å²) in [7, 11) is 0. The van der Waals surface area contributed by atoms with Crippen LogP contribution >= 0.6 is 11.6 Å². The van der Waals surface area contributed by atoms with Crippen molar-refractivity contribution < 1.29 is 8.78 Å². The summed E-state index contributed by atoms with van der Waals surface area (Å²) in [5, 5.41) is 0.0780. The Morgan fingerprint density at radius 2 is 1.89 bits per heavy atom. The zero-order valence-corrected chi connectivity index (χ0v) is 10.6. The molecule has 4 heteroatoms. The molecule has 2 rings (SSSR count). The van der Waals surface area contributed by atoms with Gasteiger partial charge in [0.25, 0.3) is 0 Å². The highest BCUT2D eigenvalue weighted by molar-refractivity contribution is 6.30. The van der Waals surface area contributed by atoms with Crippen LogP contribution in [0.3, 0.4) is 0 Å². The standard InChI is InChI=1S/C14H12ClF2N/c1-8-10(6-11(16)7-14(8)18)4-9-2-3-12(15)13(17)5-9/h2-3,5-7H,4,18H2,1H3. The third-order valence-electron chi connectivity index (χ3n) is 2.90. The van der Waals surface area contributed by atoms with Crippen LogP contribution < -0.4 is 5.73 Å². The Kier molecular flexibility index (Phi) is 3.53. The highest BCUT2D eigenvalue weighted by atomic mass is 35.5. The molecule has 0 aliphatic carbocycles. The van der Waals surface area contributed by atoms with E-state index in [2.05, 4.69) is 0 Å². The van der Waals surface area contributed by atoms with Gasteiger partial charge in [0.05, 0.1) is 5.02 Å². The molecule has 0 amide bonds. The molecule has 2 N–H and O–H groups in total. The first-order chi connectivity index (χ1) is 8.47. The first-order valence-electron chi connectivity index (χ1n) is 5.46. The van der Waals surface area contributed by atoms with Crippen LogP contribution in [0.2, 0.25) is 5.02 Å². The van der Waals surface area contributed by atoms with Crippen LogP contribution in [-0.4, -0.2) is 0 Å². The summed E-state index contributed by atoms with van der Waals surface area (Å²) in [6, 6.07) is 7.25. The maximum Gasteiger partial charge on any atom is 0.142 e. The molecule has 0 radical (unpaired) electrons. The van der Waals surface area contributed by atoms with Gasteiger partial charge in [-0.3, -0.25) is 0 Å². The smallest absolute Gasteiger partial charge is 0.142 e. The zero-order valence-electron chi connectivity index (χ0n) is 9.81. The van der Waals surface area contributed by atoms with Crippen molar-refractivity contribution in [3.8, 4) is 0 Å². The van der Waals surface area contributed by atoms with Gasteiger partial charge in [-0.05, 0) is 54.3 Å². The summed E-state index contributed by atoms with van der Waals surface area (Å²) < 4.78 is 26.6. The molecule has 94 valence electrons. The number of nitrogens with two attached hydrogens (primary N) is 1. The third-order valence-corrected chi connectivity index (χ3v) is 3.21. The Morgan fingerprint density at radius 1 is 1.17 bits per heavy atom. The van der Waals surface area contributed by atoms with Crippen molar-refractivity contribution in [1.29, 1.82) is 0 Å². The number of hydrogen-bond acceptors (Lipinski definition) is 1. The average Bonchev–Trinajstić information content (AvgIpc) is 2.30. The summed E-state index contributed by atoms with van der Waals surface area (Å²) in [6.07, 6.45) is 0.419. The maximum atomic E-state index is 13.3. The predicted molar refractivity (Wildman–Crippen MR) is 69.8 cm³/mol. The van der Waals surface area contributed by atoms with Crippen LogP contribution in [0.25, 0.3) is 0 Å². The highest BCUT2D eigenvalue weighted by Gasteiger charge is 2.08. The largest absolute Gasteiger partial charge is 0.398 e. The normalized spacial score (nSPS) is 10.7. The van der Waals surface area contributed by atoms with Crippen molar-refractivity contribution in [2.45, 2.75) is 13.3 Å². The van der Waals surface area contributed by atoms with Crippen molar-refractivity contribution in [3.63, 3.8) is 0 Å². The number of rotatable bonds is 2. The molecular formula is C14H12ClF2N. The van der Waals surface area contributed by atoms with Crippen molar-refractivity contribution in [1.82, 2.24) is 0 Å². The lowest BCUT2D eigenvalue weighted by Crippen LogP contribution is -1.99. The molecule has 0 fully saturated rings. The van der Waals surface area contributed by atoms with E-state index in [1.54, 1.807) is 6.07 Å². The van der Waals surface area contributed by atoms with Crippen molar-refractivity contribution in [2.24, 2.45) is 0 Å². The van der Waals surface area contributed by atoms with Gasteiger partial charge in [0.1, 0.15) is 11.6 Å². The van der Waals surface area contributed by atoms with Crippen molar-refractivity contribution in [2.75, 3.05) is 5.73 Å². The molecule has 0 aliphatic rings. The lowest BCUT2D eigenvalue weighted by atomic mass is 9.99. The van der Waals surface area contributed by atoms with Crippen LogP contribution in [0.5, 0.6) is 0 Å². The summed E-state index contributed by atoms with van der Waals surface area (Å²) >= 11 is 5.61. The molecule has 1 nitrogen and oxygen atoms in total. The molecule has 2 aromatic rings. The molecule has 0 unspecified atom stereocenters. The topological polar surface area (TPSA) is 26.0 Å². The van der Waals surface area contributed by atoms with E-state index in [0.29, 0.717) is 12.1 Å². The Labute approximate surface area is 109 Å². The van der Waals surface area contributed by atoms with Crippen molar-refractivity contribution >= 4 is 17.3 Å². The van der Waals surface area contributed by atoms with Gasteiger partial charge in [-0.15, -0.1) is 0 Å². The van der Waals surface area contributed by atoms with E-state index in [4.69, 9.17) is 17.3 Å². The second-order valence-electron chi connectivity index (χ2n) is 4.20. The van der Waals surface area contributed by atoms with Gasteiger partial charge in [-0.2, -0.15) is 0 Å². The summed E-state index contributed by atoms with van der Waals surface area (Å²) in [6.45, 7) is 1.82. The van der Waals surface area contributed by atoms with Gasteiger partial charge in [-0.25, -0.2) is 8.78 Å². The van der Waals surface area contributed by atoms with E-state index in [1.807, 2.05) is 6.92 Å². The van der Waals surface area contributed by atoms with Gasteiger partial charge < -0.3 is 5.73 Å². The molecule has 18 heavy (non-hydrogen) atoms. The van der Waals surface area contributed by atoms with Crippen LogP contribution in [-0.2, 0) is 6.42 Å². The number of benzene rings is 2. The zero-order chi connectivity index (χ0) is 13.3. The van der Waals surface area contributed by atoms with Gasteiger partial charge in [0.15, 0.2) is 0 Å². The summed E-state index contributed by atoms with van der Waals surface area (Å²) in [5.74, 6) is -0.862. The second-order valence-corrected chi connectivity index (χ2v) is 4.61. The third kappa shape index (κ3) is 2.62. The lowest BCUT2D eigenvalue weighted by Gasteiger charge is -2.09. The molecule has 2 aromatic carbocycles. The molecule has 0 aliphatic heterocycles. The van der Waals surface area contributed by atoms with E-state index in [9.17, 15) is 8.78 Å². The predicted octanol–water partition coefficient (Wildman–Crippen LogP) is 4.10. The maximum absolute atomic E-state index is 13.3. The summed E-state index contributed by atoms with van der Waals surface area (Å²) in [5.41, 5.74) is 8.38. The SMILES string of the molecule is Cc1c(N)cc(F)cc1Cc1ccc(Cl)c(F)c1. The van der Waals surface area contributed by atoms with Gasteiger partial charge in [0, 0.05) is 5.69 Å². The van der Waals surface area contributed by atoms with Gasteiger partial charge >= 0.3 is 0 Å². The van der Waals surface area contributed by atoms with E-state index < -0.39 is 5.82 Å². The molecule has 0 saturated carbocycles. The molecular weight excluding hydrogens is 256 g/mol. The highest BCUT2D eigenvalue weighted by Crippen LogP contribution is 2.23. The molecule has 0 spiro atoms. The quantitative estimate of drug-likeness (QED) is 0.815. The molecule has 0 atom stereocenters. The monoisotopic (exact) mass is 267 g/mol. The minimum atomic E-state index is -0.476. The van der Waals surface area contributed by atoms with E-state index in [0.717, 1.165) is 16.7 Å². The Balaban J connectivity index is 2.36. The number of halogens is 3. The van der Waals surface area contributed by atoms with Crippen LogP contribution in [0.1, 0.15) is 16.7 Å². The second kappa shape index (κ2) is 4.94. The molecule has 0 bridgehead atoms. The lowest BCUT2D eigenvalue weighted by molar-refractivity contribution is 0.624. The number of hydrogen-bond donors (Lipinski definition) is 1. The fraction of sp³-hybridized carbons (Fsp3) is 0.143. The Morgan fingerprint density at radius 3 is 2.56 bits per heavy atom. The fourth-order valence-corrected chi connectivity index (χ4v) is 1.93. The van der Waals surface area contributed by atoms with E-state index >= 15 is 0 Å². The van der Waals surface area contributed by atoms with E-state index in [1.165, 1.54) is 24.3 Å². The number of nitrogen functional groups attached to an aromatic ring is 1. The van der Waals surface area contributed by atoms with Crippen LogP contribution in [0.15, 0.2) is 30.3 Å². The minimum Gasteiger partial charge on any atom is -0.398 e. The summed E-state index contributed by atoms with van der Waals surface area (Å²) in [4.78, 5) is 0. The van der Waals surface area contributed by atoms with E-state index in [-0.39, 0.29) is 10.8 Å². The first kappa shape index (κ1) is 12.8. The average molecular weight is 268 g/mol. The molecule has 0 saturated heterocycles. The van der Waals surface area contributed by atoms with Crippen molar-refractivity contribution in [3.05, 3.63) is 63.7 Å².